The van der Waals surface area contributed by atoms with Crippen molar-refractivity contribution in [3.63, 3.8) is 0 Å². The number of carbonyl (C=O) groups is 1. The van der Waals surface area contributed by atoms with Gasteiger partial charge in [-0.05, 0) is 31.1 Å². The van der Waals surface area contributed by atoms with Crippen molar-refractivity contribution in [1.82, 2.24) is 0 Å². The highest BCUT2D eigenvalue weighted by molar-refractivity contribution is 6.01. The average Bonchev–Trinajstić information content (AvgIpc) is 2.89. The molecule has 0 saturated carbocycles. The molecule has 17 heavy (non-hydrogen) atoms. The highest BCUT2D eigenvalue weighted by atomic mass is 16.5. The van der Waals surface area contributed by atoms with E-state index in [0.29, 0.717) is 6.54 Å². The molecule has 0 aliphatic carbocycles. The van der Waals surface area contributed by atoms with Crippen LogP contribution in [0.5, 0.6) is 0 Å². The Bertz CT molecular complexity index is 382. The van der Waals surface area contributed by atoms with Gasteiger partial charge in [-0.2, -0.15) is 0 Å². The molecule has 1 aliphatic heterocycles. The number of anilines is 1. The van der Waals surface area contributed by atoms with Crippen LogP contribution in [0.2, 0.25) is 0 Å². The number of ether oxygens (including phenoxy) is 1. The Kier molecular flexibility index (Phi) is 3.94. The SMILES string of the molecule is C=CC(=O)N(CC1CCCO1)c1ccccc1. The number of para-hydroxylation sites is 1. The molecular weight excluding hydrogens is 214 g/mol. The number of carbonyl (C=O) groups excluding carboxylic acids is 1. The van der Waals surface area contributed by atoms with Crippen LogP contribution in [-0.4, -0.2) is 25.2 Å². The van der Waals surface area contributed by atoms with Crippen molar-refractivity contribution >= 4 is 11.6 Å². The topological polar surface area (TPSA) is 29.5 Å². The van der Waals surface area contributed by atoms with E-state index in [1.165, 1.54) is 6.08 Å². The predicted octanol–water partition coefficient (Wildman–Crippen LogP) is 2.38. The molecule has 0 bridgehead atoms. The molecule has 0 N–H and O–H groups in total. The van der Waals surface area contributed by atoms with Crippen molar-refractivity contribution in [2.24, 2.45) is 0 Å². The fraction of sp³-hybridized carbons (Fsp3) is 0.357. The monoisotopic (exact) mass is 231 g/mol. The van der Waals surface area contributed by atoms with Gasteiger partial charge in [0.2, 0.25) is 5.91 Å². The molecule has 1 heterocycles. The van der Waals surface area contributed by atoms with Crippen LogP contribution >= 0.6 is 0 Å². The summed E-state index contributed by atoms with van der Waals surface area (Å²) in [6.45, 7) is 4.96. The van der Waals surface area contributed by atoms with Gasteiger partial charge in [-0.1, -0.05) is 24.8 Å². The van der Waals surface area contributed by atoms with Crippen molar-refractivity contribution < 1.29 is 9.53 Å². The average molecular weight is 231 g/mol. The van der Waals surface area contributed by atoms with Gasteiger partial charge in [0.1, 0.15) is 0 Å². The molecule has 1 amide bonds. The van der Waals surface area contributed by atoms with Crippen LogP contribution in [0, 0.1) is 0 Å². The molecule has 1 saturated heterocycles. The Morgan fingerprint density at radius 3 is 2.82 bits per heavy atom. The second-order valence-corrected chi connectivity index (χ2v) is 4.12. The van der Waals surface area contributed by atoms with E-state index >= 15 is 0 Å². The number of rotatable bonds is 4. The maximum atomic E-state index is 11.9. The Balaban J connectivity index is 2.13. The second-order valence-electron chi connectivity index (χ2n) is 4.12. The van der Waals surface area contributed by atoms with E-state index in [1.807, 2.05) is 30.3 Å². The first kappa shape index (κ1) is 11.9. The van der Waals surface area contributed by atoms with Gasteiger partial charge < -0.3 is 9.64 Å². The van der Waals surface area contributed by atoms with Gasteiger partial charge in [0.25, 0.3) is 0 Å². The first-order valence-electron chi connectivity index (χ1n) is 5.92. The van der Waals surface area contributed by atoms with Crippen molar-refractivity contribution in [3.05, 3.63) is 43.0 Å². The lowest BCUT2D eigenvalue weighted by Gasteiger charge is -2.24. The molecule has 0 aromatic heterocycles. The summed E-state index contributed by atoms with van der Waals surface area (Å²) in [5.74, 6) is -0.0771. The molecular formula is C14H17NO2. The summed E-state index contributed by atoms with van der Waals surface area (Å²) in [6.07, 6.45) is 3.60. The summed E-state index contributed by atoms with van der Waals surface area (Å²) in [5.41, 5.74) is 0.896. The van der Waals surface area contributed by atoms with Gasteiger partial charge >= 0.3 is 0 Å². The zero-order valence-electron chi connectivity index (χ0n) is 9.84. The zero-order chi connectivity index (χ0) is 12.1. The van der Waals surface area contributed by atoms with Crippen molar-refractivity contribution in [3.8, 4) is 0 Å². The van der Waals surface area contributed by atoms with Gasteiger partial charge in [0.15, 0.2) is 0 Å². The van der Waals surface area contributed by atoms with Crippen LogP contribution < -0.4 is 4.90 Å². The summed E-state index contributed by atoms with van der Waals surface area (Å²) in [6, 6.07) is 9.64. The molecule has 1 aliphatic rings. The third kappa shape index (κ3) is 2.94. The lowest BCUT2D eigenvalue weighted by molar-refractivity contribution is -0.114. The van der Waals surface area contributed by atoms with E-state index < -0.39 is 0 Å². The number of hydrogen-bond acceptors (Lipinski definition) is 2. The van der Waals surface area contributed by atoms with E-state index in [9.17, 15) is 4.79 Å². The van der Waals surface area contributed by atoms with Gasteiger partial charge in [-0.25, -0.2) is 0 Å². The fourth-order valence-corrected chi connectivity index (χ4v) is 2.03. The number of amides is 1. The van der Waals surface area contributed by atoms with Crippen LogP contribution in [0.15, 0.2) is 43.0 Å². The number of nitrogens with zero attached hydrogens (tertiary/aromatic N) is 1. The molecule has 1 aromatic carbocycles. The van der Waals surface area contributed by atoms with Crippen LogP contribution in [0.1, 0.15) is 12.8 Å². The van der Waals surface area contributed by atoms with E-state index in [0.717, 1.165) is 25.1 Å². The predicted molar refractivity (Wildman–Crippen MR) is 68.0 cm³/mol. The highest BCUT2D eigenvalue weighted by Crippen LogP contribution is 2.19. The molecule has 1 atom stereocenters. The Morgan fingerprint density at radius 1 is 1.47 bits per heavy atom. The maximum absolute atomic E-state index is 11.9. The molecule has 3 nitrogen and oxygen atoms in total. The summed E-state index contributed by atoms with van der Waals surface area (Å²) in [7, 11) is 0. The Labute approximate surface area is 102 Å². The largest absolute Gasteiger partial charge is 0.376 e. The van der Waals surface area contributed by atoms with Crippen molar-refractivity contribution in [1.29, 1.82) is 0 Å². The molecule has 1 aromatic rings. The lowest BCUT2D eigenvalue weighted by Crippen LogP contribution is -2.36. The van der Waals surface area contributed by atoms with Crippen molar-refractivity contribution in [2.75, 3.05) is 18.1 Å². The third-order valence-corrected chi connectivity index (χ3v) is 2.92. The maximum Gasteiger partial charge on any atom is 0.250 e. The van der Waals surface area contributed by atoms with E-state index in [-0.39, 0.29) is 12.0 Å². The molecule has 1 unspecified atom stereocenters. The minimum atomic E-state index is -0.0771. The molecule has 2 rings (SSSR count). The normalized spacial score (nSPS) is 18.9. The zero-order valence-corrected chi connectivity index (χ0v) is 9.84. The first-order chi connectivity index (χ1) is 8.31. The molecule has 90 valence electrons. The fourth-order valence-electron chi connectivity index (χ4n) is 2.03. The van der Waals surface area contributed by atoms with Gasteiger partial charge in [-0.15, -0.1) is 0 Å². The minimum absolute atomic E-state index is 0.0771. The van der Waals surface area contributed by atoms with Crippen LogP contribution in [0.25, 0.3) is 0 Å². The smallest absolute Gasteiger partial charge is 0.250 e. The Hall–Kier alpha value is -1.61. The molecule has 3 heteroatoms. The number of hydrogen-bond donors (Lipinski definition) is 0. The van der Waals surface area contributed by atoms with Crippen LogP contribution in [0.3, 0.4) is 0 Å². The summed E-state index contributed by atoms with van der Waals surface area (Å²) in [5, 5.41) is 0. The Morgan fingerprint density at radius 2 is 2.24 bits per heavy atom. The summed E-state index contributed by atoms with van der Waals surface area (Å²) in [4.78, 5) is 13.6. The second kappa shape index (κ2) is 5.64. The van der Waals surface area contributed by atoms with Crippen LogP contribution in [-0.2, 0) is 9.53 Å². The summed E-state index contributed by atoms with van der Waals surface area (Å²) < 4.78 is 5.57. The quantitative estimate of drug-likeness (QED) is 0.745. The number of benzene rings is 1. The third-order valence-electron chi connectivity index (χ3n) is 2.92. The van der Waals surface area contributed by atoms with Crippen molar-refractivity contribution in [2.45, 2.75) is 18.9 Å². The lowest BCUT2D eigenvalue weighted by atomic mass is 10.2. The van der Waals surface area contributed by atoms with Gasteiger partial charge in [0.05, 0.1) is 12.6 Å². The molecule has 1 fully saturated rings. The van der Waals surface area contributed by atoms with E-state index in [2.05, 4.69) is 6.58 Å². The van der Waals surface area contributed by atoms with Gasteiger partial charge in [0, 0.05) is 12.3 Å². The minimum Gasteiger partial charge on any atom is -0.376 e. The van der Waals surface area contributed by atoms with E-state index in [4.69, 9.17) is 4.74 Å². The first-order valence-corrected chi connectivity index (χ1v) is 5.92. The van der Waals surface area contributed by atoms with Crippen LogP contribution in [0.4, 0.5) is 5.69 Å². The molecule has 0 spiro atoms. The van der Waals surface area contributed by atoms with E-state index in [1.54, 1.807) is 4.90 Å². The standard InChI is InChI=1S/C14H17NO2/c1-2-14(16)15(11-13-9-6-10-17-13)12-7-4-3-5-8-12/h2-5,7-8,13H,1,6,9-11H2. The highest BCUT2D eigenvalue weighted by Gasteiger charge is 2.22. The molecule has 0 radical (unpaired) electrons. The summed E-state index contributed by atoms with van der Waals surface area (Å²) >= 11 is 0. The van der Waals surface area contributed by atoms with Gasteiger partial charge in [-0.3, -0.25) is 4.79 Å².